The van der Waals surface area contributed by atoms with E-state index in [1.165, 1.54) is 6.42 Å². The first-order valence-electron chi connectivity index (χ1n) is 5.73. The molecule has 0 atom stereocenters. The minimum Gasteiger partial charge on any atom is -0.389 e. The lowest BCUT2D eigenvalue weighted by atomic mass is 10.2. The summed E-state index contributed by atoms with van der Waals surface area (Å²) in [7, 11) is 4.17. The molecular formula is C12H20N4S. The Morgan fingerprint density at radius 2 is 2.24 bits per heavy atom. The van der Waals surface area contributed by atoms with Gasteiger partial charge in [0.2, 0.25) is 0 Å². The molecule has 4 nitrogen and oxygen atoms in total. The molecule has 0 aliphatic heterocycles. The molecule has 0 bridgehead atoms. The molecule has 1 aromatic rings. The van der Waals surface area contributed by atoms with Crippen molar-refractivity contribution >= 4 is 22.9 Å². The summed E-state index contributed by atoms with van der Waals surface area (Å²) in [6.45, 7) is 2.02. The van der Waals surface area contributed by atoms with E-state index in [0.717, 1.165) is 30.8 Å². The summed E-state index contributed by atoms with van der Waals surface area (Å²) in [5, 5.41) is 3.32. The highest BCUT2D eigenvalue weighted by molar-refractivity contribution is 7.80. The second-order valence-corrected chi connectivity index (χ2v) is 4.66. The number of nitrogens with zero attached hydrogens (tertiary/aromatic N) is 2. The summed E-state index contributed by atoms with van der Waals surface area (Å²) in [6.07, 6.45) is 5.75. The fourth-order valence-corrected chi connectivity index (χ4v) is 1.70. The van der Waals surface area contributed by atoms with Gasteiger partial charge in [-0.3, -0.25) is 4.98 Å². The van der Waals surface area contributed by atoms with Gasteiger partial charge >= 0.3 is 0 Å². The van der Waals surface area contributed by atoms with E-state index in [9.17, 15) is 0 Å². The predicted molar refractivity (Wildman–Crippen MR) is 76.4 cm³/mol. The lowest BCUT2D eigenvalue weighted by molar-refractivity contribution is 0.396. The normalized spacial score (nSPS) is 10.5. The van der Waals surface area contributed by atoms with E-state index < -0.39 is 0 Å². The van der Waals surface area contributed by atoms with Crippen molar-refractivity contribution in [3.8, 4) is 0 Å². The maximum Gasteiger partial charge on any atom is 0.106 e. The third-order valence-corrected chi connectivity index (χ3v) is 2.65. The number of thiocarbonyl (C=S) groups is 1. The van der Waals surface area contributed by atoms with Gasteiger partial charge in [0.05, 0.1) is 11.9 Å². The Kier molecular flexibility index (Phi) is 5.86. The van der Waals surface area contributed by atoms with E-state index in [1.807, 2.05) is 6.07 Å². The molecule has 0 unspecified atom stereocenters. The predicted octanol–water partition coefficient (Wildman–Crippen LogP) is 1.47. The Morgan fingerprint density at radius 3 is 2.88 bits per heavy atom. The van der Waals surface area contributed by atoms with E-state index in [4.69, 9.17) is 18.0 Å². The maximum atomic E-state index is 5.64. The van der Waals surface area contributed by atoms with Crippen LogP contribution in [0.15, 0.2) is 18.5 Å². The number of nitrogens with two attached hydrogens (primary N) is 1. The number of unbranched alkanes of at least 4 members (excludes halogenated alkanes) is 1. The van der Waals surface area contributed by atoms with Crippen molar-refractivity contribution in [2.24, 2.45) is 5.73 Å². The van der Waals surface area contributed by atoms with Gasteiger partial charge in [-0.15, -0.1) is 0 Å². The number of anilines is 1. The summed E-state index contributed by atoms with van der Waals surface area (Å²) in [6, 6.07) is 1.84. The van der Waals surface area contributed by atoms with Crippen LogP contribution in [-0.4, -0.2) is 42.1 Å². The monoisotopic (exact) mass is 252 g/mol. The standard InChI is InChI=1S/C12H20N4S/c1-16(2)8-4-3-6-15-11-9-14-7-5-10(11)12(13)17/h5,7,9,15H,3-4,6,8H2,1-2H3,(H2,13,17). The highest BCUT2D eigenvalue weighted by Gasteiger charge is 2.03. The van der Waals surface area contributed by atoms with Crippen LogP contribution >= 0.6 is 12.2 Å². The minimum absolute atomic E-state index is 0.406. The Labute approximate surface area is 108 Å². The van der Waals surface area contributed by atoms with Gasteiger partial charge in [-0.25, -0.2) is 0 Å². The van der Waals surface area contributed by atoms with Crippen LogP contribution < -0.4 is 11.1 Å². The van der Waals surface area contributed by atoms with Crippen molar-refractivity contribution in [3.05, 3.63) is 24.0 Å². The minimum atomic E-state index is 0.406. The van der Waals surface area contributed by atoms with Gasteiger partial charge in [-0.1, -0.05) is 12.2 Å². The van der Waals surface area contributed by atoms with Gasteiger partial charge < -0.3 is 16.0 Å². The number of hydrogen-bond acceptors (Lipinski definition) is 4. The van der Waals surface area contributed by atoms with Gasteiger partial charge in [0.15, 0.2) is 0 Å². The fourth-order valence-electron chi connectivity index (χ4n) is 1.53. The molecule has 0 aliphatic carbocycles. The molecule has 0 amide bonds. The first-order valence-corrected chi connectivity index (χ1v) is 6.14. The Morgan fingerprint density at radius 1 is 1.47 bits per heavy atom. The smallest absolute Gasteiger partial charge is 0.106 e. The van der Waals surface area contributed by atoms with Gasteiger partial charge in [0, 0.05) is 18.3 Å². The van der Waals surface area contributed by atoms with Crippen LogP contribution in [0.1, 0.15) is 18.4 Å². The largest absolute Gasteiger partial charge is 0.389 e. The molecule has 5 heteroatoms. The fraction of sp³-hybridized carbons (Fsp3) is 0.500. The van der Waals surface area contributed by atoms with Crippen molar-refractivity contribution in [2.45, 2.75) is 12.8 Å². The lowest BCUT2D eigenvalue weighted by Gasteiger charge is -2.12. The van der Waals surface area contributed by atoms with E-state index in [-0.39, 0.29) is 0 Å². The number of pyridine rings is 1. The zero-order chi connectivity index (χ0) is 12.7. The summed E-state index contributed by atoms with van der Waals surface area (Å²) in [4.78, 5) is 6.66. The Hall–Kier alpha value is -1.20. The number of aromatic nitrogens is 1. The second-order valence-electron chi connectivity index (χ2n) is 4.22. The summed E-state index contributed by atoms with van der Waals surface area (Å²) >= 11 is 4.99. The molecule has 0 aliphatic rings. The van der Waals surface area contributed by atoms with Crippen LogP contribution in [0.5, 0.6) is 0 Å². The van der Waals surface area contributed by atoms with Crippen LogP contribution in [0.2, 0.25) is 0 Å². The van der Waals surface area contributed by atoms with Crippen molar-refractivity contribution in [1.29, 1.82) is 0 Å². The molecule has 0 spiro atoms. The molecule has 0 saturated carbocycles. The van der Waals surface area contributed by atoms with Crippen LogP contribution in [-0.2, 0) is 0 Å². The first kappa shape index (κ1) is 13.9. The summed E-state index contributed by atoms with van der Waals surface area (Å²) in [5.41, 5.74) is 7.43. The third kappa shape index (κ3) is 5.10. The molecule has 3 N–H and O–H groups in total. The van der Waals surface area contributed by atoms with E-state index in [0.29, 0.717) is 4.99 Å². The van der Waals surface area contributed by atoms with E-state index >= 15 is 0 Å². The molecule has 0 aromatic carbocycles. The molecule has 17 heavy (non-hydrogen) atoms. The van der Waals surface area contributed by atoms with Gasteiger partial charge in [0.1, 0.15) is 4.99 Å². The van der Waals surface area contributed by atoms with Gasteiger partial charge in [-0.2, -0.15) is 0 Å². The van der Waals surface area contributed by atoms with E-state index in [1.54, 1.807) is 12.4 Å². The molecule has 1 rings (SSSR count). The highest BCUT2D eigenvalue weighted by Crippen LogP contribution is 2.13. The maximum absolute atomic E-state index is 5.64. The van der Waals surface area contributed by atoms with Gasteiger partial charge in [0.25, 0.3) is 0 Å². The highest BCUT2D eigenvalue weighted by atomic mass is 32.1. The van der Waals surface area contributed by atoms with Crippen LogP contribution in [0, 0.1) is 0 Å². The molecule has 0 saturated heterocycles. The third-order valence-electron chi connectivity index (χ3n) is 2.43. The number of nitrogens with one attached hydrogen (secondary N) is 1. The Bertz CT molecular complexity index is 365. The number of rotatable bonds is 7. The average Bonchev–Trinajstić information content (AvgIpc) is 2.28. The topological polar surface area (TPSA) is 54.2 Å². The van der Waals surface area contributed by atoms with Crippen molar-refractivity contribution in [1.82, 2.24) is 9.88 Å². The zero-order valence-corrected chi connectivity index (χ0v) is 11.3. The first-order chi connectivity index (χ1) is 8.11. The number of hydrogen-bond donors (Lipinski definition) is 2. The molecule has 94 valence electrons. The Balaban J connectivity index is 2.39. The lowest BCUT2D eigenvalue weighted by Crippen LogP contribution is -2.16. The summed E-state index contributed by atoms with van der Waals surface area (Å²) in [5.74, 6) is 0. The quantitative estimate of drug-likeness (QED) is 0.568. The molecule has 1 aromatic heterocycles. The van der Waals surface area contributed by atoms with Crippen molar-refractivity contribution in [2.75, 3.05) is 32.5 Å². The molecular weight excluding hydrogens is 232 g/mol. The second kappa shape index (κ2) is 7.19. The van der Waals surface area contributed by atoms with Crippen LogP contribution in [0.3, 0.4) is 0 Å². The molecule has 1 heterocycles. The zero-order valence-electron chi connectivity index (χ0n) is 10.4. The summed E-state index contributed by atoms with van der Waals surface area (Å²) < 4.78 is 0. The van der Waals surface area contributed by atoms with Crippen LogP contribution in [0.25, 0.3) is 0 Å². The van der Waals surface area contributed by atoms with Crippen molar-refractivity contribution < 1.29 is 0 Å². The van der Waals surface area contributed by atoms with Gasteiger partial charge in [-0.05, 0) is 39.5 Å². The average molecular weight is 252 g/mol. The van der Waals surface area contributed by atoms with Crippen molar-refractivity contribution in [3.63, 3.8) is 0 Å². The SMILES string of the molecule is CN(C)CCCCNc1cnccc1C(N)=S. The van der Waals surface area contributed by atoms with E-state index in [2.05, 4.69) is 29.3 Å². The molecule has 0 radical (unpaired) electrons. The van der Waals surface area contributed by atoms with Crippen LogP contribution in [0.4, 0.5) is 5.69 Å². The molecule has 0 fully saturated rings.